The van der Waals surface area contributed by atoms with Gasteiger partial charge < -0.3 is 0 Å². The van der Waals surface area contributed by atoms with Crippen molar-refractivity contribution in [3.05, 3.63) is 25.3 Å². The maximum absolute atomic E-state index is 4.07. The highest BCUT2D eigenvalue weighted by Crippen LogP contribution is 2.08. The second kappa shape index (κ2) is 3.11. The van der Waals surface area contributed by atoms with Crippen LogP contribution in [0.5, 0.6) is 0 Å². The van der Waals surface area contributed by atoms with Crippen LogP contribution in [-0.4, -0.2) is 58.4 Å². The second-order valence-electron chi connectivity index (χ2n) is 4.00. The van der Waals surface area contributed by atoms with E-state index in [1.807, 2.05) is 0 Å². The van der Waals surface area contributed by atoms with Crippen LogP contribution >= 0.6 is 0 Å². The summed E-state index contributed by atoms with van der Waals surface area (Å²) >= 11 is 0. The van der Waals surface area contributed by atoms with Crippen LogP contribution in [0.1, 0.15) is 0 Å². The molecule has 0 aliphatic heterocycles. The van der Waals surface area contributed by atoms with E-state index in [4.69, 9.17) is 0 Å². The third kappa shape index (κ3) is 0.969. The SMILES string of the molecule is c1nnc2n1c1nncn1c1nncn1c1nncn21. The van der Waals surface area contributed by atoms with Crippen molar-refractivity contribution in [2.24, 2.45) is 0 Å². The smallest absolute Gasteiger partial charge is 0.234 e. The molecule has 0 saturated heterocycles. The van der Waals surface area contributed by atoms with E-state index in [0.29, 0.717) is 23.1 Å². The van der Waals surface area contributed by atoms with Crippen LogP contribution in [0.15, 0.2) is 25.3 Å². The van der Waals surface area contributed by atoms with Gasteiger partial charge >= 0.3 is 0 Å². The predicted octanol–water partition coefficient (Wildman–Crippen LogP) is -1.58. The maximum Gasteiger partial charge on any atom is 0.246 e. The molecular formula is C8H4N12. The molecule has 5 rings (SSSR count). The van der Waals surface area contributed by atoms with Crippen LogP contribution in [-0.2, 0) is 0 Å². The third-order valence-electron chi connectivity index (χ3n) is 2.98. The first-order valence-electron chi connectivity index (χ1n) is 5.55. The van der Waals surface area contributed by atoms with Gasteiger partial charge in [0.25, 0.3) is 0 Å². The summed E-state index contributed by atoms with van der Waals surface area (Å²) in [7, 11) is 0. The molecule has 5 heterocycles. The van der Waals surface area contributed by atoms with Gasteiger partial charge in [0.15, 0.2) is 0 Å². The van der Waals surface area contributed by atoms with Gasteiger partial charge in [0.2, 0.25) is 23.1 Å². The number of hydrogen-bond donors (Lipinski definition) is 0. The fourth-order valence-electron chi connectivity index (χ4n) is 2.14. The molecule has 0 aromatic carbocycles. The van der Waals surface area contributed by atoms with Gasteiger partial charge in [-0.15, -0.1) is 40.8 Å². The molecule has 0 radical (unpaired) electrons. The molecule has 20 heavy (non-hydrogen) atoms. The molecule has 5 aromatic heterocycles. The van der Waals surface area contributed by atoms with E-state index in [1.165, 1.54) is 25.3 Å². The average molecular weight is 268 g/mol. The first-order valence-corrected chi connectivity index (χ1v) is 5.55. The van der Waals surface area contributed by atoms with Crippen LogP contribution < -0.4 is 0 Å². The molecule has 0 atom stereocenters. The summed E-state index contributed by atoms with van der Waals surface area (Å²) < 4.78 is 6.66. The van der Waals surface area contributed by atoms with E-state index in [1.54, 1.807) is 17.6 Å². The molecule has 0 aliphatic carbocycles. The summed E-state index contributed by atoms with van der Waals surface area (Å²) in [4.78, 5) is 0. The highest BCUT2D eigenvalue weighted by atomic mass is 15.4. The van der Waals surface area contributed by atoms with Gasteiger partial charge in [-0.1, -0.05) is 0 Å². The lowest BCUT2D eigenvalue weighted by Gasteiger charge is -1.98. The van der Waals surface area contributed by atoms with Crippen molar-refractivity contribution in [2.45, 2.75) is 0 Å². The van der Waals surface area contributed by atoms with Gasteiger partial charge in [-0.05, 0) is 0 Å². The average Bonchev–Trinajstić information content (AvgIpc) is 3.21. The van der Waals surface area contributed by atoms with Crippen LogP contribution in [0, 0.1) is 0 Å². The molecule has 12 heteroatoms. The van der Waals surface area contributed by atoms with Crippen LogP contribution in [0.4, 0.5) is 0 Å². The van der Waals surface area contributed by atoms with E-state index >= 15 is 0 Å². The van der Waals surface area contributed by atoms with Gasteiger partial charge in [-0.2, -0.15) is 0 Å². The molecule has 0 unspecified atom stereocenters. The molecule has 0 spiro atoms. The Morgan fingerprint density at radius 2 is 0.700 bits per heavy atom. The minimum atomic E-state index is 0.499. The molecule has 0 saturated carbocycles. The quantitative estimate of drug-likeness (QED) is 0.330. The van der Waals surface area contributed by atoms with Crippen molar-refractivity contribution in [3.63, 3.8) is 0 Å². The van der Waals surface area contributed by atoms with Crippen molar-refractivity contribution in [2.75, 3.05) is 0 Å². The van der Waals surface area contributed by atoms with Crippen molar-refractivity contribution in [1.82, 2.24) is 58.4 Å². The summed E-state index contributed by atoms with van der Waals surface area (Å²) in [5.74, 6) is 1.99. The van der Waals surface area contributed by atoms with E-state index in [2.05, 4.69) is 40.8 Å². The zero-order valence-corrected chi connectivity index (χ0v) is 9.68. The largest absolute Gasteiger partial charge is 0.246 e. The topological polar surface area (TPSA) is 121 Å². The Morgan fingerprint density at radius 3 is 0.950 bits per heavy atom. The summed E-state index contributed by atoms with van der Waals surface area (Å²) in [6, 6.07) is 0. The summed E-state index contributed by atoms with van der Waals surface area (Å²) in [5.41, 5.74) is 0. The molecule has 5 aromatic rings. The van der Waals surface area contributed by atoms with Crippen molar-refractivity contribution < 1.29 is 0 Å². The normalized spacial score (nSPS) is 12.0. The number of hydrogen-bond acceptors (Lipinski definition) is 8. The Hall–Kier alpha value is -3.44. The number of aromatic nitrogens is 12. The fraction of sp³-hybridized carbons (Fsp3) is 0. The third-order valence-corrected chi connectivity index (χ3v) is 2.98. The molecule has 0 bridgehead atoms. The van der Waals surface area contributed by atoms with Crippen molar-refractivity contribution in [3.8, 4) is 0 Å². The van der Waals surface area contributed by atoms with E-state index < -0.39 is 0 Å². The zero-order chi connectivity index (χ0) is 13.1. The van der Waals surface area contributed by atoms with Gasteiger partial charge in [-0.3, -0.25) is 0 Å². The first-order chi connectivity index (χ1) is 9.93. The van der Waals surface area contributed by atoms with Gasteiger partial charge in [-0.25, -0.2) is 17.6 Å². The molecule has 0 N–H and O–H groups in total. The van der Waals surface area contributed by atoms with Gasteiger partial charge in [0, 0.05) is 0 Å². The van der Waals surface area contributed by atoms with E-state index in [-0.39, 0.29) is 0 Å². The summed E-state index contributed by atoms with van der Waals surface area (Å²) in [6.07, 6.45) is 6.13. The minimum Gasteiger partial charge on any atom is -0.234 e. The Morgan fingerprint density at radius 1 is 0.450 bits per heavy atom. The van der Waals surface area contributed by atoms with E-state index in [9.17, 15) is 0 Å². The van der Waals surface area contributed by atoms with Crippen molar-refractivity contribution >= 4 is 23.1 Å². The van der Waals surface area contributed by atoms with Crippen LogP contribution in [0.3, 0.4) is 0 Å². The Labute approximate surface area is 108 Å². The Balaban J connectivity index is 2.33. The Kier molecular flexibility index (Phi) is 1.48. The maximum atomic E-state index is 4.07. The first kappa shape index (κ1) is 9.48. The van der Waals surface area contributed by atoms with Crippen LogP contribution in [0.2, 0.25) is 0 Å². The zero-order valence-electron chi connectivity index (χ0n) is 9.68. The van der Waals surface area contributed by atoms with Crippen LogP contribution in [0.25, 0.3) is 23.1 Å². The molecular weight excluding hydrogens is 264 g/mol. The predicted molar refractivity (Wildman–Crippen MR) is 61.4 cm³/mol. The fourth-order valence-corrected chi connectivity index (χ4v) is 2.14. The lowest BCUT2D eigenvalue weighted by Crippen LogP contribution is -2.02. The second-order valence-corrected chi connectivity index (χ2v) is 4.00. The summed E-state index contributed by atoms with van der Waals surface area (Å²) in [6.45, 7) is 0. The number of rotatable bonds is 0. The highest BCUT2D eigenvalue weighted by molar-refractivity contribution is 5.50. The molecule has 0 fully saturated rings. The molecule has 96 valence electrons. The molecule has 0 amide bonds. The number of nitrogens with zero attached hydrogens (tertiary/aromatic N) is 12. The highest BCUT2D eigenvalue weighted by Gasteiger charge is 2.11. The molecule has 0 aliphatic rings. The Bertz CT molecular complexity index is 809. The van der Waals surface area contributed by atoms with Crippen molar-refractivity contribution in [1.29, 1.82) is 0 Å². The molecule has 12 nitrogen and oxygen atoms in total. The lowest BCUT2D eigenvalue weighted by atomic mass is 10.8. The minimum absolute atomic E-state index is 0.499. The monoisotopic (exact) mass is 268 g/mol. The van der Waals surface area contributed by atoms with Gasteiger partial charge in [0.1, 0.15) is 25.3 Å². The lowest BCUT2D eigenvalue weighted by molar-refractivity contribution is 0.976. The standard InChI is InChI=1S/C8H4N12/c1-9-13-5-17(1)6-14-10-2-19(6)8-16-12-4-20(8)7-15-11-3-18(5)7/h1-4H. The summed E-state index contributed by atoms with van der Waals surface area (Å²) in [5, 5.41) is 31.9. The van der Waals surface area contributed by atoms with E-state index in [0.717, 1.165) is 0 Å². The number of fused-ring (bicyclic) bond motifs is 8. The van der Waals surface area contributed by atoms with Gasteiger partial charge in [0.05, 0.1) is 0 Å².